The number of ether oxygens (including phenoxy) is 2. The molecule has 1 unspecified atom stereocenters. The van der Waals surface area contributed by atoms with Gasteiger partial charge in [-0.2, -0.15) is 0 Å². The number of amides is 1. The number of benzene rings is 3. The number of aromatic nitrogens is 1. The molecule has 1 aliphatic heterocycles. The van der Waals surface area contributed by atoms with Gasteiger partial charge in [0.2, 0.25) is 0 Å². The van der Waals surface area contributed by atoms with Crippen LogP contribution in [0.4, 0.5) is 4.39 Å². The summed E-state index contributed by atoms with van der Waals surface area (Å²) in [7, 11) is 3.14. The Hall–Kier alpha value is -3.55. The van der Waals surface area contributed by atoms with Crippen LogP contribution >= 0.6 is 23.2 Å². The minimum absolute atomic E-state index is 0.269. The standard InChI is InChI=1S/C28H23Cl2FN2O4/c1-15-24(26(32-37-15)25-20(29)5-4-6-21(25)30)28(34)33-12-11-17-13-22(35-2)23(36-3)14-19(17)27(33)16-7-9-18(31)10-8-16/h4-10,13-14,27H,11-12H2,1-3H3. The second kappa shape index (κ2) is 10.1. The highest BCUT2D eigenvalue weighted by molar-refractivity contribution is 6.39. The van der Waals surface area contributed by atoms with Crippen LogP contribution in [0.15, 0.2) is 59.1 Å². The number of carbonyl (C=O) groups is 1. The molecule has 1 atom stereocenters. The van der Waals surface area contributed by atoms with Crippen LogP contribution in [0.5, 0.6) is 11.5 Å². The Morgan fingerprint density at radius 2 is 1.70 bits per heavy atom. The van der Waals surface area contributed by atoms with Crippen LogP contribution in [0.3, 0.4) is 0 Å². The SMILES string of the molecule is COc1cc2c(cc1OC)C(c1ccc(F)cc1)N(C(=O)c1c(-c3c(Cl)cccc3Cl)noc1C)CC2. The predicted molar refractivity (Wildman–Crippen MR) is 139 cm³/mol. The lowest BCUT2D eigenvalue weighted by Crippen LogP contribution is -2.41. The van der Waals surface area contributed by atoms with E-state index in [1.807, 2.05) is 12.1 Å². The molecule has 0 fully saturated rings. The third-order valence-corrected chi connectivity index (χ3v) is 7.23. The number of aryl methyl sites for hydroxylation is 1. The van der Waals surface area contributed by atoms with Gasteiger partial charge in [0.1, 0.15) is 22.8 Å². The fourth-order valence-electron chi connectivity index (χ4n) is 4.83. The van der Waals surface area contributed by atoms with Crippen LogP contribution in [0, 0.1) is 12.7 Å². The summed E-state index contributed by atoms with van der Waals surface area (Å²) in [6, 6.07) is 14.5. The summed E-state index contributed by atoms with van der Waals surface area (Å²) in [5.41, 5.74) is 3.57. The van der Waals surface area contributed by atoms with Crippen LogP contribution in [0.25, 0.3) is 11.3 Å². The van der Waals surface area contributed by atoms with Crippen LogP contribution < -0.4 is 9.47 Å². The molecule has 1 aromatic heterocycles. The average Bonchev–Trinajstić information content (AvgIpc) is 3.27. The van der Waals surface area contributed by atoms with E-state index in [0.29, 0.717) is 45.8 Å². The molecule has 6 nitrogen and oxygen atoms in total. The second-order valence-corrected chi connectivity index (χ2v) is 9.48. The summed E-state index contributed by atoms with van der Waals surface area (Å²) < 4.78 is 30.4. The number of hydrogen-bond acceptors (Lipinski definition) is 5. The molecule has 37 heavy (non-hydrogen) atoms. The third kappa shape index (κ3) is 4.43. The molecule has 0 N–H and O–H groups in total. The molecule has 0 bridgehead atoms. The molecule has 2 heterocycles. The molecule has 0 saturated heterocycles. The number of fused-ring (bicyclic) bond motifs is 1. The van der Waals surface area contributed by atoms with Crippen molar-refractivity contribution in [2.45, 2.75) is 19.4 Å². The van der Waals surface area contributed by atoms with Crippen molar-refractivity contribution in [2.75, 3.05) is 20.8 Å². The summed E-state index contributed by atoms with van der Waals surface area (Å²) in [5.74, 6) is 0.804. The van der Waals surface area contributed by atoms with Crippen LogP contribution in [0.2, 0.25) is 10.0 Å². The number of carbonyl (C=O) groups excluding carboxylic acids is 1. The lowest BCUT2D eigenvalue weighted by molar-refractivity contribution is 0.0693. The lowest BCUT2D eigenvalue weighted by atomic mass is 9.87. The molecule has 0 radical (unpaired) electrons. The zero-order chi connectivity index (χ0) is 26.3. The minimum atomic E-state index is -0.527. The summed E-state index contributed by atoms with van der Waals surface area (Å²) in [4.78, 5) is 16.0. The van der Waals surface area contributed by atoms with Crippen molar-refractivity contribution in [3.05, 3.63) is 98.5 Å². The maximum atomic E-state index is 14.2. The van der Waals surface area contributed by atoms with Crippen molar-refractivity contribution in [1.29, 1.82) is 0 Å². The minimum Gasteiger partial charge on any atom is -0.493 e. The fourth-order valence-corrected chi connectivity index (χ4v) is 5.41. The third-order valence-electron chi connectivity index (χ3n) is 6.60. The zero-order valence-electron chi connectivity index (χ0n) is 20.3. The van der Waals surface area contributed by atoms with Gasteiger partial charge in [-0.1, -0.05) is 46.6 Å². The highest BCUT2D eigenvalue weighted by Gasteiger charge is 2.37. The fraction of sp³-hybridized carbons (Fsp3) is 0.214. The quantitative estimate of drug-likeness (QED) is 0.275. The van der Waals surface area contributed by atoms with E-state index in [1.54, 1.807) is 56.4 Å². The number of rotatable bonds is 5. The summed E-state index contributed by atoms with van der Waals surface area (Å²) in [6.45, 7) is 2.07. The molecule has 4 aromatic rings. The van der Waals surface area contributed by atoms with E-state index in [1.165, 1.54) is 12.1 Å². The van der Waals surface area contributed by atoms with Gasteiger partial charge in [0.15, 0.2) is 11.5 Å². The van der Waals surface area contributed by atoms with Crippen molar-refractivity contribution in [3.63, 3.8) is 0 Å². The first-order valence-electron chi connectivity index (χ1n) is 11.6. The van der Waals surface area contributed by atoms with E-state index in [0.717, 1.165) is 16.7 Å². The van der Waals surface area contributed by atoms with Gasteiger partial charge in [-0.05, 0) is 66.4 Å². The molecular formula is C28H23Cl2FN2O4. The molecule has 0 saturated carbocycles. The molecule has 0 aliphatic carbocycles. The van der Waals surface area contributed by atoms with Gasteiger partial charge in [0.25, 0.3) is 5.91 Å². The van der Waals surface area contributed by atoms with Gasteiger partial charge in [-0.15, -0.1) is 0 Å². The Kier molecular flexibility index (Phi) is 6.84. The normalized spacial score (nSPS) is 14.9. The molecular weight excluding hydrogens is 518 g/mol. The van der Waals surface area contributed by atoms with Crippen molar-refractivity contribution < 1.29 is 23.2 Å². The van der Waals surface area contributed by atoms with E-state index in [4.69, 9.17) is 37.2 Å². The van der Waals surface area contributed by atoms with Gasteiger partial charge in [0, 0.05) is 12.1 Å². The monoisotopic (exact) mass is 540 g/mol. The average molecular weight is 541 g/mol. The van der Waals surface area contributed by atoms with Crippen LogP contribution in [-0.2, 0) is 6.42 Å². The topological polar surface area (TPSA) is 64.8 Å². The van der Waals surface area contributed by atoms with Gasteiger partial charge >= 0.3 is 0 Å². The molecule has 1 aliphatic rings. The molecule has 5 rings (SSSR count). The van der Waals surface area contributed by atoms with E-state index < -0.39 is 6.04 Å². The van der Waals surface area contributed by atoms with Gasteiger partial charge in [-0.3, -0.25) is 4.79 Å². The maximum absolute atomic E-state index is 14.2. The Morgan fingerprint density at radius 3 is 2.35 bits per heavy atom. The van der Waals surface area contributed by atoms with E-state index in [-0.39, 0.29) is 23.0 Å². The molecule has 190 valence electrons. The molecule has 9 heteroatoms. The number of halogens is 3. The van der Waals surface area contributed by atoms with Crippen molar-refractivity contribution in [3.8, 4) is 22.8 Å². The first-order chi connectivity index (χ1) is 17.8. The molecule has 3 aromatic carbocycles. The number of methoxy groups -OCH3 is 2. The molecule has 1 amide bonds. The van der Waals surface area contributed by atoms with Crippen molar-refractivity contribution in [2.24, 2.45) is 0 Å². The maximum Gasteiger partial charge on any atom is 0.260 e. The first-order valence-corrected chi connectivity index (χ1v) is 12.3. The zero-order valence-corrected chi connectivity index (χ0v) is 21.9. The van der Waals surface area contributed by atoms with E-state index in [9.17, 15) is 9.18 Å². The van der Waals surface area contributed by atoms with E-state index >= 15 is 0 Å². The summed E-state index contributed by atoms with van der Waals surface area (Å²) >= 11 is 12.9. The largest absolute Gasteiger partial charge is 0.493 e. The number of hydrogen-bond donors (Lipinski definition) is 0. The second-order valence-electron chi connectivity index (χ2n) is 8.67. The number of nitrogens with zero attached hydrogens (tertiary/aromatic N) is 2. The van der Waals surface area contributed by atoms with Crippen molar-refractivity contribution >= 4 is 29.1 Å². The Labute approximate surface area is 223 Å². The Balaban J connectivity index is 1.67. The predicted octanol–water partition coefficient (Wildman–Crippen LogP) is 6.90. The Morgan fingerprint density at radius 1 is 1.05 bits per heavy atom. The van der Waals surface area contributed by atoms with Gasteiger partial charge in [0.05, 0.1) is 30.3 Å². The lowest BCUT2D eigenvalue weighted by Gasteiger charge is -2.38. The Bertz CT molecular complexity index is 1470. The van der Waals surface area contributed by atoms with Gasteiger partial charge < -0.3 is 18.9 Å². The van der Waals surface area contributed by atoms with Gasteiger partial charge in [-0.25, -0.2) is 4.39 Å². The smallest absolute Gasteiger partial charge is 0.260 e. The van der Waals surface area contributed by atoms with E-state index in [2.05, 4.69) is 5.16 Å². The summed E-state index contributed by atoms with van der Waals surface area (Å²) in [5, 5.41) is 4.85. The highest BCUT2D eigenvalue weighted by Crippen LogP contribution is 2.43. The van der Waals surface area contributed by atoms with Crippen molar-refractivity contribution in [1.82, 2.24) is 10.1 Å². The van der Waals surface area contributed by atoms with Crippen LogP contribution in [0.1, 0.15) is 38.9 Å². The molecule has 0 spiro atoms. The highest BCUT2D eigenvalue weighted by atomic mass is 35.5. The summed E-state index contributed by atoms with van der Waals surface area (Å²) in [6.07, 6.45) is 0.575. The van der Waals surface area contributed by atoms with Crippen LogP contribution in [-0.4, -0.2) is 36.7 Å². The first kappa shape index (κ1) is 25.1.